The van der Waals surface area contributed by atoms with Crippen molar-refractivity contribution in [3.8, 4) is 0 Å². The molecule has 0 aliphatic rings. The second-order valence-electron chi connectivity index (χ2n) is 3.11. The Labute approximate surface area is 94.1 Å². The van der Waals surface area contributed by atoms with Gasteiger partial charge in [-0.1, -0.05) is 17.7 Å². The zero-order valence-corrected chi connectivity index (χ0v) is 9.67. The number of rotatable bonds is 6. The van der Waals surface area contributed by atoms with Crippen LogP contribution in [0.2, 0.25) is 0 Å². The molecule has 0 aliphatic heterocycles. The highest BCUT2D eigenvalue weighted by molar-refractivity contribution is 7.86. The third-order valence-electron chi connectivity index (χ3n) is 1.85. The number of aryl methyl sites for hydroxylation is 1. The molecule has 0 bridgehead atoms. The Morgan fingerprint density at radius 1 is 1.19 bits per heavy atom. The van der Waals surface area contributed by atoms with E-state index in [-0.39, 0.29) is 18.1 Å². The van der Waals surface area contributed by atoms with E-state index in [9.17, 15) is 12.8 Å². The van der Waals surface area contributed by atoms with Crippen molar-refractivity contribution in [3.05, 3.63) is 29.8 Å². The van der Waals surface area contributed by atoms with Crippen LogP contribution >= 0.6 is 0 Å². The summed E-state index contributed by atoms with van der Waals surface area (Å²) in [5.74, 6) is 0. The standard InChI is InChI=1S/C10H13FO4S/c1-9-2-4-10(5-3-9)16(12,13)15-7-6-14-8-11/h2-5H,6-8H2,1H3. The average molecular weight is 248 g/mol. The molecule has 0 N–H and O–H groups in total. The molecular weight excluding hydrogens is 235 g/mol. The van der Waals surface area contributed by atoms with Crippen LogP contribution in [0.15, 0.2) is 29.2 Å². The van der Waals surface area contributed by atoms with Crippen LogP contribution in [-0.2, 0) is 19.0 Å². The molecule has 4 nitrogen and oxygen atoms in total. The van der Waals surface area contributed by atoms with Crippen molar-refractivity contribution in [1.29, 1.82) is 0 Å². The molecule has 0 saturated carbocycles. The summed E-state index contributed by atoms with van der Waals surface area (Å²) in [7, 11) is -3.76. The van der Waals surface area contributed by atoms with Gasteiger partial charge in [0.1, 0.15) is 0 Å². The molecule has 0 aliphatic carbocycles. The van der Waals surface area contributed by atoms with Gasteiger partial charge >= 0.3 is 0 Å². The van der Waals surface area contributed by atoms with Crippen LogP contribution < -0.4 is 0 Å². The molecule has 6 heteroatoms. The average Bonchev–Trinajstić information content (AvgIpc) is 2.25. The van der Waals surface area contributed by atoms with E-state index in [1.807, 2.05) is 6.92 Å². The summed E-state index contributed by atoms with van der Waals surface area (Å²) < 4.78 is 43.6. The molecule has 0 aromatic heterocycles. The molecule has 90 valence electrons. The third kappa shape index (κ3) is 3.88. The summed E-state index contributed by atoms with van der Waals surface area (Å²) >= 11 is 0. The maximum atomic E-state index is 11.6. The predicted molar refractivity (Wildman–Crippen MR) is 56.2 cm³/mol. The summed E-state index contributed by atoms with van der Waals surface area (Å²) in [6, 6.07) is 6.27. The van der Waals surface area contributed by atoms with Gasteiger partial charge in [0.2, 0.25) is 0 Å². The summed E-state index contributed by atoms with van der Waals surface area (Å²) in [4.78, 5) is 0.0818. The van der Waals surface area contributed by atoms with Crippen LogP contribution in [0, 0.1) is 6.92 Å². The smallest absolute Gasteiger partial charge is 0.297 e. The number of hydrogen-bond donors (Lipinski definition) is 0. The van der Waals surface area contributed by atoms with Crippen LogP contribution in [0.25, 0.3) is 0 Å². The minimum Gasteiger partial charge on any atom is -0.348 e. The van der Waals surface area contributed by atoms with Crippen molar-refractivity contribution in [1.82, 2.24) is 0 Å². The molecule has 0 radical (unpaired) electrons. The predicted octanol–water partition coefficient (Wildman–Crippen LogP) is 1.64. The minimum absolute atomic E-state index is 0.0818. The van der Waals surface area contributed by atoms with Crippen LogP contribution in [0.3, 0.4) is 0 Å². The molecule has 0 heterocycles. The van der Waals surface area contributed by atoms with Crippen molar-refractivity contribution in [2.24, 2.45) is 0 Å². The summed E-state index contributed by atoms with van der Waals surface area (Å²) in [6.45, 7) is 0.613. The normalized spacial score (nSPS) is 11.6. The zero-order chi connectivity index (χ0) is 12.0. The van der Waals surface area contributed by atoms with Crippen LogP contribution in [0.4, 0.5) is 4.39 Å². The molecule has 1 aromatic rings. The van der Waals surface area contributed by atoms with Gasteiger partial charge in [0.15, 0.2) is 6.86 Å². The molecule has 0 saturated heterocycles. The fourth-order valence-electron chi connectivity index (χ4n) is 1.03. The molecule has 0 amide bonds. The van der Waals surface area contributed by atoms with Crippen LogP contribution in [0.1, 0.15) is 5.56 Å². The lowest BCUT2D eigenvalue weighted by atomic mass is 10.2. The highest BCUT2D eigenvalue weighted by atomic mass is 32.2. The van der Waals surface area contributed by atoms with Gasteiger partial charge in [0.05, 0.1) is 18.1 Å². The van der Waals surface area contributed by atoms with Crippen LogP contribution in [-0.4, -0.2) is 28.5 Å². The molecule has 0 spiro atoms. The van der Waals surface area contributed by atoms with E-state index in [0.717, 1.165) is 5.56 Å². The summed E-state index contributed by atoms with van der Waals surface area (Å²) in [5.41, 5.74) is 0.958. The Bertz CT molecular complexity index is 413. The minimum atomic E-state index is -3.76. The van der Waals surface area contributed by atoms with E-state index in [1.165, 1.54) is 12.1 Å². The Morgan fingerprint density at radius 3 is 2.38 bits per heavy atom. The fraction of sp³-hybridized carbons (Fsp3) is 0.400. The second kappa shape index (κ2) is 5.93. The molecule has 1 rings (SSSR count). The van der Waals surface area contributed by atoms with E-state index >= 15 is 0 Å². The number of ether oxygens (including phenoxy) is 1. The fourth-order valence-corrected chi connectivity index (χ4v) is 1.92. The lowest BCUT2D eigenvalue weighted by molar-refractivity contribution is 0.0402. The maximum Gasteiger partial charge on any atom is 0.297 e. The molecule has 16 heavy (non-hydrogen) atoms. The van der Waals surface area contributed by atoms with Crippen LogP contribution in [0.5, 0.6) is 0 Å². The first-order valence-electron chi connectivity index (χ1n) is 4.66. The Kier molecular flexibility index (Phi) is 4.85. The van der Waals surface area contributed by atoms with Gasteiger partial charge in [-0.3, -0.25) is 4.18 Å². The van der Waals surface area contributed by atoms with Gasteiger partial charge < -0.3 is 4.74 Å². The van der Waals surface area contributed by atoms with Gasteiger partial charge in [0, 0.05) is 0 Å². The molecule has 0 unspecified atom stereocenters. The lowest BCUT2D eigenvalue weighted by Gasteiger charge is -2.05. The van der Waals surface area contributed by atoms with E-state index in [0.29, 0.717) is 0 Å². The number of halogens is 1. The molecule has 0 atom stereocenters. The lowest BCUT2D eigenvalue weighted by Crippen LogP contribution is -2.11. The zero-order valence-electron chi connectivity index (χ0n) is 8.85. The molecule has 0 fully saturated rings. The van der Waals surface area contributed by atoms with E-state index in [4.69, 9.17) is 0 Å². The first-order chi connectivity index (χ1) is 7.56. The third-order valence-corrected chi connectivity index (χ3v) is 3.18. The summed E-state index contributed by atoms with van der Waals surface area (Å²) in [6.07, 6.45) is 0. The van der Waals surface area contributed by atoms with E-state index < -0.39 is 17.0 Å². The largest absolute Gasteiger partial charge is 0.348 e. The number of benzene rings is 1. The topological polar surface area (TPSA) is 52.6 Å². The number of alkyl halides is 1. The van der Waals surface area contributed by atoms with Gasteiger partial charge in [-0.15, -0.1) is 0 Å². The van der Waals surface area contributed by atoms with E-state index in [1.54, 1.807) is 12.1 Å². The van der Waals surface area contributed by atoms with Gasteiger partial charge in [0.25, 0.3) is 10.1 Å². The summed E-state index contributed by atoms with van der Waals surface area (Å²) in [5, 5.41) is 0. The van der Waals surface area contributed by atoms with Crippen molar-refractivity contribution in [2.75, 3.05) is 20.1 Å². The Balaban J connectivity index is 2.60. The maximum absolute atomic E-state index is 11.6. The van der Waals surface area contributed by atoms with Crippen molar-refractivity contribution >= 4 is 10.1 Å². The Morgan fingerprint density at radius 2 is 1.81 bits per heavy atom. The van der Waals surface area contributed by atoms with E-state index in [2.05, 4.69) is 8.92 Å². The SMILES string of the molecule is Cc1ccc(S(=O)(=O)OCCOCF)cc1. The number of hydrogen-bond acceptors (Lipinski definition) is 4. The first kappa shape index (κ1) is 13.1. The highest BCUT2D eigenvalue weighted by Crippen LogP contribution is 2.12. The van der Waals surface area contributed by atoms with Gasteiger partial charge in [-0.2, -0.15) is 8.42 Å². The van der Waals surface area contributed by atoms with Gasteiger partial charge in [-0.25, -0.2) is 4.39 Å². The van der Waals surface area contributed by atoms with Gasteiger partial charge in [-0.05, 0) is 19.1 Å². The second-order valence-corrected chi connectivity index (χ2v) is 4.72. The Hall–Kier alpha value is -0.980. The quantitative estimate of drug-likeness (QED) is 0.567. The van der Waals surface area contributed by atoms with Crippen molar-refractivity contribution in [3.63, 3.8) is 0 Å². The molecular formula is C10H13FO4S. The van der Waals surface area contributed by atoms with Crippen molar-refractivity contribution < 1.29 is 21.7 Å². The first-order valence-corrected chi connectivity index (χ1v) is 6.07. The van der Waals surface area contributed by atoms with Crippen molar-refractivity contribution in [2.45, 2.75) is 11.8 Å². The monoisotopic (exact) mass is 248 g/mol. The molecule has 1 aromatic carbocycles. The highest BCUT2D eigenvalue weighted by Gasteiger charge is 2.14.